The molecule has 0 aromatic heterocycles. The minimum absolute atomic E-state index is 0. The Hall–Kier alpha value is 1.21. The van der Waals surface area contributed by atoms with Gasteiger partial charge in [0.1, 0.15) is 0 Å². The van der Waals surface area contributed by atoms with E-state index in [1.807, 2.05) is 0 Å². The molecule has 1 unspecified atom stereocenters. The maximum absolute atomic E-state index is 6.47. The first kappa shape index (κ1) is 56.9. The standard InChI is InChI=1S/C44H91NO.2ClH.Ti/c1-5-9-12-14-16-18-20-22-24-26-28-30-32-34-36-38-41-45(46-43-44(8-4)40-11-7-3)42-39-37-35-33-31-29-27-25-23-21-19-17-15-13-10-6-2;;;/h44H,5-43H2,1-4H3;2*1H;/q;;;+2/p-2. The Morgan fingerprint density at radius 3 is 0.837 bits per heavy atom. The third-order valence-corrected chi connectivity index (χ3v) is 10.6. The van der Waals surface area contributed by atoms with E-state index in [0.29, 0.717) is 0 Å². The monoisotopic (exact) mass is 768 g/mol. The Morgan fingerprint density at radius 2 is 0.592 bits per heavy atom. The quantitative estimate of drug-likeness (QED) is 0.0349. The Labute approximate surface area is 339 Å². The minimum atomic E-state index is 0. The van der Waals surface area contributed by atoms with E-state index < -0.39 is 0 Å². The van der Waals surface area contributed by atoms with Crippen LogP contribution in [0.5, 0.6) is 0 Å². The second-order valence-corrected chi connectivity index (χ2v) is 15.2. The zero-order valence-electron chi connectivity index (χ0n) is 34.3. The van der Waals surface area contributed by atoms with Crippen LogP contribution in [0.15, 0.2) is 0 Å². The van der Waals surface area contributed by atoms with Gasteiger partial charge in [0.2, 0.25) is 0 Å². The van der Waals surface area contributed by atoms with Crippen LogP contribution in [0.25, 0.3) is 0 Å². The molecular formula is C44H91Cl2NOTi. The summed E-state index contributed by atoms with van der Waals surface area (Å²) in [5, 5.41) is 2.38. The molecule has 0 spiro atoms. The van der Waals surface area contributed by atoms with E-state index in [1.165, 1.54) is 231 Å². The van der Waals surface area contributed by atoms with Crippen LogP contribution in [0.1, 0.15) is 259 Å². The van der Waals surface area contributed by atoms with E-state index in [1.54, 1.807) is 0 Å². The molecule has 0 radical (unpaired) electrons. The maximum Gasteiger partial charge on any atom is 2.00 e. The molecule has 0 aliphatic heterocycles. The van der Waals surface area contributed by atoms with Crippen molar-refractivity contribution in [3.63, 3.8) is 0 Å². The molecule has 0 aliphatic rings. The topological polar surface area (TPSA) is 12.5 Å². The normalized spacial score (nSPS) is 11.7. The fourth-order valence-electron chi connectivity index (χ4n) is 7.02. The average Bonchev–Trinajstić information content (AvgIpc) is 3.07. The zero-order valence-corrected chi connectivity index (χ0v) is 37.3. The van der Waals surface area contributed by atoms with Crippen molar-refractivity contribution in [2.24, 2.45) is 5.92 Å². The third-order valence-electron chi connectivity index (χ3n) is 10.6. The predicted molar refractivity (Wildman–Crippen MR) is 210 cm³/mol. The Balaban J connectivity index is -0.00000337. The Morgan fingerprint density at radius 1 is 0.347 bits per heavy atom. The number of hydroxylamine groups is 2. The second-order valence-electron chi connectivity index (χ2n) is 15.2. The van der Waals surface area contributed by atoms with E-state index in [-0.39, 0.29) is 46.5 Å². The minimum Gasteiger partial charge on any atom is -1.00 e. The van der Waals surface area contributed by atoms with E-state index in [2.05, 4.69) is 32.8 Å². The van der Waals surface area contributed by atoms with Crippen molar-refractivity contribution in [2.75, 3.05) is 19.7 Å². The van der Waals surface area contributed by atoms with Crippen molar-refractivity contribution in [1.29, 1.82) is 0 Å². The number of hydrogen-bond donors (Lipinski definition) is 0. The van der Waals surface area contributed by atoms with Gasteiger partial charge in [-0.1, -0.05) is 240 Å². The molecule has 0 rings (SSSR count). The van der Waals surface area contributed by atoms with Crippen LogP contribution in [0.4, 0.5) is 0 Å². The van der Waals surface area contributed by atoms with Gasteiger partial charge in [-0.25, -0.2) is 0 Å². The molecule has 0 aliphatic carbocycles. The fraction of sp³-hybridized carbons (Fsp3) is 1.00. The van der Waals surface area contributed by atoms with E-state index in [4.69, 9.17) is 4.84 Å². The zero-order chi connectivity index (χ0) is 33.4. The average molecular weight is 769 g/mol. The van der Waals surface area contributed by atoms with Gasteiger partial charge in [-0.15, -0.1) is 0 Å². The van der Waals surface area contributed by atoms with Crippen LogP contribution in [0.3, 0.4) is 0 Å². The molecule has 5 heteroatoms. The van der Waals surface area contributed by atoms with Gasteiger partial charge in [-0.2, -0.15) is 5.06 Å². The number of rotatable bonds is 41. The van der Waals surface area contributed by atoms with Crippen LogP contribution in [0.2, 0.25) is 0 Å². The molecule has 0 aromatic carbocycles. The molecule has 0 amide bonds. The second kappa shape index (κ2) is 51.3. The fourth-order valence-corrected chi connectivity index (χ4v) is 7.02. The molecule has 296 valence electrons. The molecule has 0 saturated heterocycles. The van der Waals surface area contributed by atoms with Gasteiger partial charge in [-0.3, -0.25) is 4.84 Å². The number of nitrogens with zero attached hydrogens (tertiary/aromatic N) is 1. The summed E-state index contributed by atoms with van der Waals surface area (Å²) in [5.74, 6) is 0.735. The SMILES string of the molecule is CCCCCCCCCCCCCCCCCCN(CCCCCCCCCCCCCCCCCC)OCC(CC)CCCC.[Cl-].[Cl-].[Ti+2]. The molecular weight excluding hydrogens is 677 g/mol. The van der Waals surface area contributed by atoms with Crippen molar-refractivity contribution in [3.8, 4) is 0 Å². The van der Waals surface area contributed by atoms with Crippen molar-refractivity contribution in [2.45, 2.75) is 259 Å². The Kier molecular flexibility index (Phi) is 59.6. The summed E-state index contributed by atoms with van der Waals surface area (Å²) in [6.07, 6.45) is 51.2. The van der Waals surface area contributed by atoms with Crippen molar-refractivity contribution < 1.29 is 51.4 Å². The van der Waals surface area contributed by atoms with Crippen molar-refractivity contribution >= 4 is 0 Å². The van der Waals surface area contributed by atoms with E-state index in [9.17, 15) is 0 Å². The third kappa shape index (κ3) is 47.2. The summed E-state index contributed by atoms with van der Waals surface area (Å²) >= 11 is 0. The van der Waals surface area contributed by atoms with E-state index in [0.717, 1.165) is 25.6 Å². The first-order chi connectivity index (χ1) is 22.8. The van der Waals surface area contributed by atoms with Crippen molar-refractivity contribution in [1.82, 2.24) is 5.06 Å². The molecule has 1 atom stereocenters. The van der Waals surface area contributed by atoms with Gasteiger partial charge >= 0.3 is 21.7 Å². The van der Waals surface area contributed by atoms with Crippen molar-refractivity contribution in [3.05, 3.63) is 0 Å². The molecule has 0 aromatic rings. The molecule has 0 fully saturated rings. The van der Waals surface area contributed by atoms with E-state index >= 15 is 0 Å². The van der Waals surface area contributed by atoms with Crippen LogP contribution >= 0.6 is 0 Å². The number of unbranched alkanes of at least 4 members (excludes halogenated alkanes) is 31. The summed E-state index contributed by atoms with van der Waals surface area (Å²) in [4.78, 5) is 6.47. The summed E-state index contributed by atoms with van der Waals surface area (Å²) in [6, 6.07) is 0. The molecule has 2 nitrogen and oxygen atoms in total. The molecule has 0 bridgehead atoms. The summed E-state index contributed by atoms with van der Waals surface area (Å²) in [7, 11) is 0. The van der Waals surface area contributed by atoms with Gasteiger partial charge in [0.25, 0.3) is 0 Å². The summed E-state index contributed by atoms with van der Waals surface area (Å²) < 4.78 is 0. The van der Waals surface area contributed by atoms with Gasteiger partial charge in [0.05, 0.1) is 6.61 Å². The Bertz CT molecular complexity index is 505. The molecule has 0 N–H and O–H groups in total. The number of halogens is 2. The van der Waals surface area contributed by atoms with Gasteiger partial charge in [0.15, 0.2) is 0 Å². The summed E-state index contributed by atoms with van der Waals surface area (Å²) in [6.45, 7) is 12.5. The summed E-state index contributed by atoms with van der Waals surface area (Å²) in [5.41, 5.74) is 0. The first-order valence-corrected chi connectivity index (χ1v) is 22.2. The van der Waals surface area contributed by atoms with Crippen LogP contribution < -0.4 is 24.8 Å². The van der Waals surface area contributed by atoms with Crippen LogP contribution in [0, 0.1) is 5.92 Å². The molecule has 49 heavy (non-hydrogen) atoms. The van der Waals surface area contributed by atoms with Crippen LogP contribution in [-0.4, -0.2) is 24.8 Å². The maximum atomic E-state index is 6.47. The van der Waals surface area contributed by atoms with Gasteiger partial charge < -0.3 is 24.8 Å². The molecule has 0 heterocycles. The first-order valence-electron chi connectivity index (χ1n) is 22.2. The van der Waals surface area contributed by atoms with Gasteiger partial charge in [0, 0.05) is 13.1 Å². The smallest absolute Gasteiger partial charge is 1.00 e. The van der Waals surface area contributed by atoms with Crippen LogP contribution in [-0.2, 0) is 26.6 Å². The van der Waals surface area contributed by atoms with Gasteiger partial charge in [-0.05, 0) is 25.2 Å². The molecule has 0 saturated carbocycles. The number of hydrogen-bond acceptors (Lipinski definition) is 2. The predicted octanol–water partition coefficient (Wildman–Crippen LogP) is 9.96. The largest absolute Gasteiger partial charge is 2.00 e.